The normalized spacial score (nSPS) is 40.8. The molecular formula is C12H21NO4S. The van der Waals surface area contributed by atoms with Gasteiger partial charge in [-0.25, -0.2) is 0 Å². The summed E-state index contributed by atoms with van der Waals surface area (Å²) in [6.45, 7) is 8.64. The molecule has 4 unspecified atom stereocenters. The lowest BCUT2D eigenvalue weighted by atomic mass is 9.63. The van der Waals surface area contributed by atoms with Crippen LogP contribution in [0.3, 0.4) is 0 Å². The molecule has 1 aliphatic rings. The van der Waals surface area contributed by atoms with Crippen molar-refractivity contribution in [2.75, 3.05) is 0 Å². The SMILES string of the molecule is CC1C(C)(C(=O)O)C(N)SC1(C(=O)O)C(C)(C)C. The summed E-state index contributed by atoms with van der Waals surface area (Å²) >= 11 is 1.07. The first-order valence-electron chi connectivity index (χ1n) is 5.82. The Bertz CT molecular complexity index is 392. The fraction of sp³-hybridized carbons (Fsp3) is 0.833. The van der Waals surface area contributed by atoms with E-state index in [1.807, 2.05) is 20.8 Å². The van der Waals surface area contributed by atoms with E-state index in [1.165, 1.54) is 6.92 Å². The quantitative estimate of drug-likeness (QED) is 0.708. The Morgan fingerprint density at radius 1 is 1.22 bits per heavy atom. The van der Waals surface area contributed by atoms with Gasteiger partial charge in [0.1, 0.15) is 4.75 Å². The van der Waals surface area contributed by atoms with Crippen molar-refractivity contribution in [3.05, 3.63) is 0 Å². The van der Waals surface area contributed by atoms with E-state index in [-0.39, 0.29) is 0 Å². The van der Waals surface area contributed by atoms with E-state index < -0.39 is 38.8 Å². The highest BCUT2D eigenvalue weighted by atomic mass is 32.2. The van der Waals surface area contributed by atoms with E-state index in [9.17, 15) is 19.8 Å². The number of nitrogens with two attached hydrogens (primary N) is 1. The molecular weight excluding hydrogens is 254 g/mol. The maximum atomic E-state index is 11.8. The van der Waals surface area contributed by atoms with E-state index in [0.717, 1.165) is 11.8 Å². The highest BCUT2D eigenvalue weighted by molar-refractivity contribution is 8.02. The van der Waals surface area contributed by atoms with Gasteiger partial charge in [-0.1, -0.05) is 27.7 Å². The second-order valence-corrected chi connectivity index (χ2v) is 7.53. The van der Waals surface area contributed by atoms with E-state index in [1.54, 1.807) is 6.92 Å². The number of thioether (sulfide) groups is 1. The van der Waals surface area contributed by atoms with Gasteiger partial charge >= 0.3 is 11.9 Å². The molecule has 4 N–H and O–H groups in total. The van der Waals surface area contributed by atoms with Gasteiger partial charge in [-0.2, -0.15) is 0 Å². The lowest BCUT2D eigenvalue weighted by Crippen LogP contribution is -2.54. The molecule has 18 heavy (non-hydrogen) atoms. The molecule has 0 aliphatic carbocycles. The first kappa shape index (κ1) is 15.3. The molecule has 0 amide bonds. The van der Waals surface area contributed by atoms with Crippen LogP contribution < -0.4 is 5.73 Å². The average molecular weight is 275 g/mol. The fourth-order valence-corrected chi connectivity index (χ4v) is 4.64. The number of carbonyl (C=O) groups is 2. The van der Waals surface area contributed by atoms with Crippen molar-refractivity contribution in [1.29, 1.82) is 0 Å². The van der Waals surface area contributed by atoms with Crippen LogP contribution >= 0.6 is 11.8 Å². The molecule has 1 heterocycles. The highest BCUT2D eigenvalue weighted by Crippen LogP contribution is 2.62. The topological polar surface area (TPSA) is 101 Å². The Morgan fingerprint density at radius 3 is 1.83 bits per heavy atom. The molecule has 1 saturated heterocycles. The van der Waals surface area contributed by atoms with E-state index >= 15 is 0 Å². The van der Waals surface area contributed by atoms with Crippen molar-refractivity contribution in [2.45, 2.75) is 44.7 Å². The third-order valence-electron chi connectivity index (χ3n) is 4.31. The first-order chi connectivity index (χ1) is 7.92. The minimum Gasteiger partial charge on any atom is -0.481 e. The minimum atomic E-state index is -1.24. The number of hydrogen-bond donors (Lipinski definition) is 3. The van der Waals surface area contributed by atoms with Crippen molar-refractivity contribution in [3.8, 4) is 0 Å². The molecule has 0 bridgehead atoms. The molecule has 1 rings (SSSR count). The Balaban J connectivity index is 3.45. The smallest absolute Gasteiger partial charge is 0.320 e. The second-order valence-electron chi connectivity index (χ2n) is 6.14. The van der Waals surface area contributed by atoms with Crippen LogP contribution in [0.4, 0.5) is 0 Å². The number of carboxylic acid groups (broad SMARTS) is 2. The summed E-state index contributed by atoms with van der Waals surface area (Å²) in [5.41, 5.74) is 4.10. The molecule has 0 spiro atoms. The predicted octanol–water partition coefficient (Wildman–Crippen LogP) is 1.61. The van der Waals surface area contributed by atoms with Crippen LogP contribution in [-0.4, -0.2) is 32.3 Å². The summed E-state index contributed by atoms with van der Waals surface area (Å²) in [5, 5.41) is 18.3. The maximum Gasteiger partial charge on any atom is 0.320 e. The van der Waals surface area contributed by atoms with Crippen LogP contribution in [0, 0.1) is 16.7 Å². The zero-order valence-corrected chi connectivity index (χ0v) is 12.2. The molecule has 1 fully saturated rings. The van der Waals surface area contributed by atoms with Crippen molar-refractivity contribution < 1.29 is 19.8 Å². The monoisotopic (exact) mass is 275 g/mol. The number of carboxylic acids is 2. The molecule has 0 saturated carbocycles. The summed E-state index contributed by atoms with van der Waals surface area (Å²) < 4.78 is -1.19. The lowest BCUT2D eigenvalue weighted by molar-refractivity contribution is -0.155. The first-order valence-corrected chi connectivity index (χ1v) is 6.70. The number of rotatable bonds is 2. The van der Waals surface area contributed by atoms with E-state index in [2.05, 4.69) is 0 Å². The van der Waals surface area contributed by atoms with E-state index in [0.29, 0.717) is 0 Å². The van der Waals surface area contributed by atoms with Gasteiger partial charge in [0.2, 0.25) is 0 Å². The molecule has 104 valence electrons. The van der Waals surface area contributed by atoms with Gasteiger partial charge in [-0.3, -0.25) is 9.59 Å². The van der Waals surface area contributed by atoms with Crippen LogP contribution in [0.5, 0.6) is 0 Å². The van der Waals surface area contributed by atoms with Crippen LogP contribution in [0.2, 0.25) is 0 Å². The van der Waals surface area contributed by atoms with Gasteiger partial charge in [-0.15, -0.1) is 11.8 Å². The predicted molar refractivity (Wildman–Crippen MR) is 70.3 cm³/mol. The third kappa shape index (κ3) is 1.66. The van der Waals surface area contributed by atoms with Crippen LogP contribution in [0.25, 0.3) is 0 Å². The summed E-state index contributed by atoms with van der Waals surface area (Å²) in [7, 11) is 0. The number of hydrogen-bond acceptors (Lipinski definition) is 4. The van der Waals surface area contributed by atoms with Gasteiger partial charge in [0.15, 0.2) is 0 Å². The Morgan fingerprint density at radius 2 is 1.67 bits per heavy atom. The minimum absolute atomic E-state index is 0.569. The summed E-state index contributed by atoms with van der Waals surface area (Å²) in [4.78, 5) is 23.3. The standard InChI is InChI=1S/C12H21NO4S/c1-6-11(5,8(14)15)7(13)18-12(6,9(16)17)10(2,3)4/h6-7H,13H2,1-5H3,(H,14,15)(H,16,17). The van der Waals surface area contributed by atoms with Gasteiger partial charge < -0.3 is 15.9 Å². The molecule has 6 heteroatoms. The van der Waals surface area contributed by atoms with Gasteiger partial charge in [-0.05, 0) is 12.3 Å². The van der Waals surface area contributed by atoms with Crippen LogP contribution in [0.1, 0.15) is 34.6 Å². The Kier molecular flexibility index (Phi) is 3.51. The molecule has 4 atom stereocenters. The fourth-order valence-electron chi connectivity index (χ4n) is 2.78. The zero-order chi connectivity index (χ0) is 14.5. The van der Waals surface area contributed by atoms with E-state index in [4.69, 9.17) is 5.73 Å². The zero-order valence-electron chi connectivity index (χ0n) is 11.4. The average Bonchev–Trinajstić information content (AvgIpc) is 2.40. The van der Waals surface area contributed by atoms with Gasteiger partial charge in [0, 0.05) is 5.92 Å². The molecule has 1 aliphatic heterocycles. The molecule has 0 aromatic rings. The summed E-state index contributed by atoms with van der Waals surface area (Å²) in [5.74, 6) is -2.60. The third-order valence-corrected chi connectivity index (χ3v) is 6.56. The molecule has 0 aromatic carbocycles. The van der Waals surface area contributed by atoms with Crippen molar-refractivity contribution in [2.24, 2.45) is 22.5 Å². The maximum absolute atomic E-state index is 11.8. The molecule has 5 nitrogen and oxygen atoms in total. The Hall–Kier alpha value is -0.750. The van der Waals surface area contributed by atoms with Gasteiger partial charge in [0.25, 0.3) is 0 Å². The second kappa shape index (κ2) is 4.13. The highest BCUT2D eigenvalue weighted by Gasteiger charge is 2.68. The molecule has 0 aromatic heterocycles. The number of aliphatic carboxylic acids is 2. The van der Waals surface area contributed by atoms with Crippen molar-refractivity contribution >= 4 is 23.7 Å². The van der Waals surface area contributed by atoms with Crippen LogP contribution in [0.15, 0.2) is 0 Å². The summed E-state index contributed by atoms with van der Waals surface area (Å²) in [6.07, 6.45) is 0. The largest absolute Gasteiger partial charge is 0.481 e. The molecule has 0 radical (unpaired) electrons. The van der Waals surface area contributed by atoms with Crippen molar-refractivity contribution in [3.63, 3.8) is 0 Å². The van der Waals surface area contributed by atoms with Crippen molar-refractivity contribution in [1.82, 2.24) is 0 Å². The Labute approximate surface area is 111 Å². The van der Waals surface area contributed by atoms with Crippen LogP contribution in [-0.2, 0) is 9.59 Å². The van der Waals surface area contributed by atoms with Gasteiger partial charge in [0.05, 0.1) is 10.8 Å². The summed E-state index contributed by atoms with van der Waals surface area (Å²) in [6, 6.07) is 0. The lowest BCUT2D eigenvalue weighted by Gasteiger charge is -2.42.